The monoisotopic (exact) mass is 441 g/mol. The summed E-state index contributed by atoms with van der Waals surface area (Å²) in [5.74, 6) is 1.23. The topological polar surface area (TPSA) is 62.8 Å². The lowest BCUT2D eigenvalue weighted by atomic mass is 9.93. The number of carbonyl (C=O) groups excluding carboxylic acids is 1. The number of thiocarbonyl (C=S) groups is 1. The molecule has 142 valence electrons. The molecule has 0 spiro atoms. The van der Waals surface area contributed by atoms with Gasteiger partial charge in [0.2, 0.25) is 0 Å². The Morgan fingerprint density at radius 1 is 1.23 bits per heavy atom. The van der Waals surface area contributed by atoms with E-state index in [2.05, 4.69) is 26.6 Å². The fourth-order valence-corrected chi connectivity index (χ4v) is 3.79. The van der Waals surface area contributed by atoms with Crippen LogP contribution < -0.4 is 20.1 Å². The van der Waals surface area contributed by atoms with E-state index in [1.165, 1.54) is 0 Å². The highest BCUT2D eigenvalue weighted by Gasteiger charge is 2.34. The van der Waals surface area contributed by atoms with Crippen molar-refractivity contribution >= 4 is 39.2 Å². The van der Waals surface area contributed by atoms with Crippen LogP contribution in [-0.2, 0) is 4.79 Å². The number of nitrogens with zero attached hydrogens (tertiary/aromatic N) is 1. The highest BCUT2D eigenvalue weighted by molar-refractivity contribution is 9.10. The second-order valence-electron chi connectivity index (χ2n) is 5.78. The van der Waals surface area contributed by atoms with Gasteiger partial charge in [-0.25, -0.2) is 0 Å². The Hall–Kier alpha value is -1.80. The maximum Gasteiger partial charge on any atom is 0.253 e. The molecule has 1 amide bonds. The van der Waals surface area contributed by atoms with Crippen LogP contribution in [0.2, 0.25) is 0 Å². The van der Waals surface area contributed by atoms with Crippen LogP contribution in [0, 0.1) is 0 Å². The highest BCUT2D eigenvalue weighted by atomic mass is 79.9. The van der Waals surface area contributed by atoms with Crippen molar-refractivity contribution in [2.75, 3.05) is 27.3 Å². The van der Waals surface area contributed by atoms with Gasteiger partial charge in [0.25, 0.3) is 5.91 Å². The number of halogens is 1. The van der Waals surface area contributed by atoms with Crippen LogP contribution in [0.4, 0.5) is 0 Å². The van der Waals surface area contributed by atoms with Crippen molar-refractivity contribution in [3.8, 4) is 11.5 Å². The molecule has 0 bridgehead atoms. The van der Waals surface area contributed by atoms with Crippen LogP contribution in [-0.4, -0.2) is 43.2 Å². The van der Waals surface area contributed by atoms with Gasteiger partial charge in [-0.15, -0.1) is 0 Å². The van der Waals surface area contributed by atoms with Gasteiger partial charge >= 0.3 is 0 Å². The number of amides is 1. The fourth-order valence-electron chi connectivity index (χ4n) is 3.00. The van der Waals surface area contributed by atoms with Gasteiger partial charge in [-0.2, -0.15) is 0 Å². The third kappa shape index (κ3) is 3.96. The molecule has 1 aliphatic rings. The minimum atomic E-state index is -0.422. The average molecular weight is 442 g/mol. The van der Waals surface area contributed by atoms with Crippen LogP contribution >= 0.6 is 28.1 Å². The molecule has 2 rings (SSSR count). The number of allylic oxidation sites excluding steroid dienone is 1. The number of nitrogens with one attached hydrogen (secondary N) is 2. The minimum absolute atomic E-state index is 0.0333. The molecule has 2 N–H and O–H groups in total. The van der Waals surface area contributed by atoms with E-state index < -0.39 is 6.04 Å². The first-order valence-corrected chi connectivity index (χ1v) is 9.56. The second kappa shape index (κ2) is 8.73. The van der Waals surface area contributed by atoms with Gasteiger partial charge < -0.3 is 25.0 Å². The minimum Gasteiger partial charge on any atom is -0.496 e. The molecular formula is C18H24BrN3O3S. The Morgan fingerprint density at radius 2 is 1.85 bits per heavy atom. The molecule has 1 aromatic rings. The van der Waals surface area contributed by atoms with Crippen LogP contribution in [0.25, 0.3) is 0 Å². The predicted molar refractivity (Wildman–Crippen MR) is 109 cm³/mol. The number of benzene rings is 1. The van der Waals surface area contributed by atoms with E-state index in [1.54, 1.807) is 25.2 Å². The molecule has 0 saturated heterocycles. The van der Waals surface area contributed by atoms with Crippen LogP contribution in [0.1, 0.15) is 32.4 Å². The van der Waals surface area contributed by atoms with Crippen molar-refractivity contribution in [1.29, 1.82) is 0 Å². The highest BCUT2D eigenvalue weighted by Crippen LogP contribution is 2.39. The van der Waals surface area contributed by atoms with Gasteiger partial charge in [-0.05, 0) is 55.0 Å². The van der Waals surface area contributed by atoms with E-state index in [-0.39, 0.29) is 5.91 Å². The van der Waals surface area contributed by atoms with Gasteiger partial charge in [0.1, 0.15) is 11.5 Å². The zero-order chi connectivity index (χ0) is 19.4. The van der Waals surface area contributed by atoms with E-state index in [0.29, 0.717) is 35.3 Å². The summed E-state index contributed by atoms with van der Waals surface area (Å²) in [6, 6.07) is 3.27. The Morgan fingerprint density at radius 3 is 2.38 bits per heavy atom. The molecule has 26 heavy (non-hydrogen) atoms. The summed E-state index contributed by atoms with van der Waals surface area (Å²) in [5, 5.41) is 6.74. The smallest absolute Gasteiger partial charge is 0.253 e. The zero-order valence-corrected chi connectivity index (χ0v) is 18.0. The van der Waals surface area contributed by atoms with E-state index in [0.717, 1.165) is 15.7 Å². The van der Waals surface area contributed by atoms with Gasteiger partial charge in [-0.3, -0.25) is 4.79 Å². The first kappa shape index (κ1) is 20.5. The molecule has 1 atom stereocenters. The average Bonchev–Trinajstić information content (AvgIpc) is 2.61. The zero-order valence-electron chi connectivity index (χ0n) is 15.6. The lowest BCUT2D eigenvalue weighted by molar-refractivity contribution is -0.127. The third-order valence-electron chi connectivity index (χ3n) is 4.37. The SMILES string of the molecule is CCN(CC)C(=O)C1=C(C)NC(=S)NC1c1cc(Br)c(OC)cc1OC. The molecule has 0 radical (unpaired) electrons. The fraction of sp³-hybridized carbons (Fsp3) is 0.444. The van der Waals surface area contributed by atoms with Crippen molar-refractivity contribution in [3.05, 3.63) is 33.4 Å². The molecular weight excluding hydrogens is 418 g/mol. The Labute approximate surface area is 168 Å². The first-order valence-electron chi connectivity index (χ1n) is 8.36. The van der Waals surface area contributed by atoms with Crippen molar-refractivity contribution in [2.45, 2.75) is 26.8 Å². The summed E-state index contributed by atoms with van der Waals surface area (Å²) in [4.78, 5) is 14.9. The largest absolute Gasteiger partial charge is 0.496 e. The normalized spacial score (nSPS) is 16.7. The molecule has 0 aromatic heterocycles. The summed E-state index contributed by atoms with van der Waals surface area (Å²) >= 11 is 8.84. The number of carbonyl (C=O) groups is 1. The van der Waals surface area contributed by atoms with E-state index in [4.69, 9.17) is 21.7 Å². The molecule has 6 nitrogen and oxygen atoms in total. The molecule has 8 heteroatoms. The molecule has 0 saturated carbocycles. The van der Waals surface area contributed by atoms with Crippen molar-refractivity contribution < 1.29 is 14.3 Å². The Balaban J connectivity index is 2.61. The van der Waals surface area contributed by atoms with Crippen molar-refractivity contribution in [2.24, 2.45) is 0 Å². The molecule has 1 unspecified atom stereocenters. The summed E-state index contributed by atoms with van der Waals surface area (Å²) in [6.45, 7) is 7.05. The van der Waals surface area contributed by atoms with Gasteiger partial charge in [0, 0.05) is 30.4 Å². The lowest BCUT2D eigenvalue weighted by Crippen LogP contribution is -2.47. The molecule has 1 aromatic carbocycles. The number of methoxy groups -OCH3 is 2. The maximum absolute atomic E-state index is 13.1. The predicted octanol–water partition coefficient (Wildman–Crippen LogP) is 3.13. The van der Waals surface area contributed by atoms with E-state index >= 15 is 0 Å². The van der Waals surface area contributed by atoms with E-state index in [9.17, 15) is 4.79 Å². The third-order valence-corrected chi connectivity index (χ3v) is 5.20. The van der Waals surface area contributed by atoms with Gasteiger partial charge in [0.05, 0.1) is 30.3 Å². The first-order chi connectivity index (χ1) is 12.4. The summed E-state index contributed by atoms with van der Waals surface area (Å²) in [6.07, 6.45) is 0. The molecule has 1 aliphatic heterocycles. The Kier molecular flexibility index (Phi) is 6.88. The number of hydrogen-bond acceptors (Lipinski definition) is 4. The Bertz CT molecular complexity index is 747. The van der Waals surface area contributed by atoms with Crippen molar-refractivity contribution in [3.63, 3.8) is 0 Å². The standard InChI is InChI=1S/C18H24BrN3O3S/c1-6-22(7-2)17(23)15-10(3)20-18(26)21-16(15)11-8-12(19)14(25-5)9-13(11)24-4/h8-9,16H,6-7H2,1-5H3,(H2,20,21,26). The van der Waals surface area contributed by atoms with Crippen LogP contribution in [0.15, 0.2) is 27.9 Å². The number of ether oxygens (including phenoxy) is 2. The van der Waals surface area contributed by atoms with Crippen LogP contribution in [0.5, 0.6) is 11.5 Å². The molecule has 0 aliphatic carbocycles. The summed E-state index contributed by atoms with van der Waals surface area (Å²) in [7, 11) is 3.19. The second-order valence-corrected chi connectivity index (χ2v) is 7.04. The summed E-state index contributed by atoms with van der Waals surface area (Å²) < 4.78 is 11.7. The van der Waals surface area contributed by atoms with Crippen LogP contribution in [0.3, 0.4) is 0 Å². The molecule has 0 fully saturated rings. The maximum atomic E-state index is 13.1. The number of rotatable bonds is 6. The quantitative estimate of drug-likeness (QED) is 0.661. The van der Waals surface area contributed by atoms with Crippen molar-refractivity contribution in [1.82, 2.24) is 15.5 Å². The van der Waals surface area contributed by atoms with E-state index in [1.807, 2.05) is 26.8 Å². The summed E-state index contributed by atoms with van der Waals surface area (Å²) in [5.41, 5.74) is 2.17. The van der Waals surface area contributed by atoms with Gasteiger partial charge in [-0.1, -0.05) is 0 Å². The number of likely N-dealkylation sites (N-methyl/N-ethyl adjacent to an activating group) is 1. The van der Waals surface area contributed by atoms with Gasteiger partial charge in [0.15, 0.2) is 5.11 Å². The molecule has 1 heterocycles. The number of hydrogen-bond donors (Lipinski definition) is 2. The lowest BCUT2D eigenvalue weighted by Gasteiger charge is -2.33.